The number of benzene rings is 2. The number of carbonyl (C=O) groups excluding carboxylic acids is 1. The molecule has 0 bridgehead atoms. The molecule has 0 spiro atoms. The molecule has 0 aliphatic heterocycles. The van der Waals surface area contributed by atoms with Gasteiger partial charge in [0.05, 0.1) is 5.39 Å². The number of amides is 1. The Labute approximate surface area is 197 Å². The van der Waals surface area contributed by atoms with Crippen molar-refractivity contribution < 1.29 is 4.79 Å². The van der Waals surface area contributed by atoms with Crippen LogP contribution in [-0.2, 0) is 24.2 Å². The van der Waals surface area contributed by atoms with E-state index in [0.717, 1.165) is 52.9 Å². The zero-order chi connectivity index (χ0) is 22.9. The minimum absolute atomic E-state index is 0.0433. The van der Waals surface area contributed by atoms with Crippen LogP contribution < -0.4 is 10.5 Å². The molecule has 0 radical (unpaired) electrons. The number of likely N-dealkylation sites (N-methyl/N-ethyl adjacent to an activating group) is 1. The molecule has 33 heavy (non-hydrogen) atoms. The molecule has 2 heterocycles. The summed E-state index contributed by atoms with van der Waals surface area (Å²) in [4.78, 5) is 36.1. The Morgan fingerprint density at radius 1 is 1.09 bits per heavy atom. The fraction of sp³-hybridized carbons (Fsp3) is 0.296. The van der Waals surface area contributed by atoms with Gasteiger partial charge in [-0.1, -0.05) is 42.0 Å². The van der Waals surface area contributed by atoms with Crippen LogP contribution in [0.15, 0.2) is 59.4 Å². The Hall–Kier alpha value is -3.25. The quantitative estimate of drug-likeness (QED) is 0.405. The number of thiophene rings is 1. The number of nitrogens with zero attached hydrogens (tertiary/aromatic N) is 3. The minimum atomic E-state index is -0.120. The van der Waals surface area contributed by atoms with Crippen molar-refractivity contribution in [2.24, 2.45) is 0 Å². The van der Waals surface area contributed by atoms with Gasteiger partial charge in [0.2, 0.25) is 5.91 Å². The summed E-state index contributed by atoms with van der Waals surface area (Å²) < 4.78 is 1.59. The van der Waals surface area contributed by atoms with Gasteiger partial charge in [-0.2, -0.15) is 0 Å². The summed E-state index contributed by atoms with van der Waals surface area (Å²) >= 11 is 1.64. The molecule has 2 aromatic heterocycles. The number of aromatic nitrogens is 2. The first-order valence-electron chi connectivity index (χ1n) is 11.5. The van der Waals surface area contributed by atoms with Gasteiger partial charge in [-0.3, -0.25) is 14.2 Å². The van der Waals surface area contributed by atoms with E-state index in [1.54, 1.807) is 20.8 Å². The number of para-hydroxylation sites is 1. The Morgan fingerprint density at radius 3 is 2.64 bits per heavy atom. The van der Waals surface area contributed by atoms with Gasteiger partial charge in [0.1, 0.15) is 17.2 Å². The van der Waals surface area contributed by atoms with Crippen LogP contribution in [0.5, 0.6) is 0 Å². The third-order valence-electron chi connectivity index (χ3n) is 6.33. The Morgan fingerprint density at radius 2 is 1.88 bits per heavy atom. The average Bonchev–Trinajstić information content (AvgIpc) is 3.20. The lowest BCUT2D eigenvalue weighted by atomic mass is 9.97. The standard InChI is InChI=1S/C27H27N3O2S/c1-3-29(20-12-5-4-6-13-20)23(31)17-30-25(19-11-9-10-18(2)16-19)28-26-24(27(30)32)21-14-7-8-15-22(21)33-26/h4-6,9-13,16H,3,7-8,14-15,17H2,1-2H3. The topological polar surface area (TPSA) is 55.2 Å². The van der Waals surface area contributed by atoms with Crippen LogP contribution in [0.2, 0.25) is 0 Å². The molecule has 0 fully saturated rings. The van der Waals surface area contributed by atoms with Crippen molar-refractivity contribution in [1.29, 1.82) is 0 Å². The molecule has 168 valence electrons. The van der Waals surface area contributed by atoms with Crippen LogP contribution >= 0.6 is 11.3 Å². The molecular weight excluding hydrogens is 430 g/mol. The van der Waals surface area contributed by atoms with E-state index >= 15 is 0 Å². The van der Waals surface area contributed by atoms with E-state index in [0.29, 0.717) is 17.8 Å². The molecule has 1 amide bonds. The fourth-order valence-corrected chi connectivity index (χ4v) is 5.97. The Balaban J connectivity index is 1.67. The van der Waals surface area contributed by atoms with Crippen molar-refractivity contribution in [3.05, 3.63) is 81.0 Å². The second-order valence-corrected chi connectivity index (χ2v) is 9.64. The summed E-state index contributed by atoms with van der Waals surface area (Å²) in [6.07, 6.45) is 4.16. The highest BCUT2D eigenvalue weighted by Gasteiger charge is 2.24. The maximum atomic E-state index is 13.9. The molecule has 0 atom stereocenters. The molecule has 5 rings (SSSR count). The number of anilines is 1. The first-order chi connectivity index (χ1) is 16.1. The third kappa shape index (κ3) is 4.00. The molecule has 0 N–H and O–H groups in total. The molecule has 4 aromatic rings. The van der Waals surface area contributed by atoms with E-state index in [4.69, 9.17) is 4.98 Å². The number of fused-ring (bicyclic) bond motifs is 3. The van der Waals surface area contributed by atoms with Gasteiger partial charge in [-0.25, -0.2) is 4.98 Å². The van der Waals surface area contributed by atoms with E-state index in [1.807, 2.05) is 68.4 Å². The van der Waals surface area contributed by atoms with Crippen LogP contribution in [0.25, 0.3) is 21.6 Å². The summed E-state index contributed by atoms with van der Waals surface area (Å²) in [5.41, 5.74) is 3.82. The number of carbonyl (C=O) groups is 1. The minimum Gasteiger partial charge on any atom is -0.311 e. The van der Waals surface area contributed by atoms with Crippen molar-refractivity contribution in [2.75, 3.05) is 11.4 Å². The van der Waals surface area contributed by atoms with Crippen LogP contribution in [0.3, 0.4) is 0 Å². The molecule has 0 unspecified atom stereocenters. The molecule has 5 nitrogen and oxygen atoms in total. The van der Waals surface area contributed by atoms with E-state index in [-0.39, 0.29) is 18.0 Å². The lowest BCUT2D eigenvalue weighted by Crippen LogP contribution is -2.37. The normalized spacial score (nSPS) is 13.2. The second kappa shape index (κ2) is 8.94. The first-order valence-corrected chi connectivity index (χ1v) is 12.4. The fourth-order valence-electron chi connectivity index (χ4n) is 4.72. The van der Waals surface area contributed by atoms with Gasteiger partial charge in [0, 0.05) is 22.7 Å². The average molecular weight is 458 g/mol. The van der Waals surface area contributed by atoms with Gasteiger partial charge < -0.3 is 4.90 Å². The van der Waals surface area contributed by atoms with E-state index in [9.17, 15) is 9.59 Å². The second-order valence-electron chi connectivity index (χ2n) is 8.56. The van der Waals surface area contributed by atoms with Gasteiger partial charge in [0.15, 0.2) is 0 Å². The summed E-state index contributed by atoms with van der Waals surface area (Å²) in [5.74, 6) is 0.442. The van der Waals surface area contributed by atoms with Crippen molar-refractivity contribution in [3.8, 4) is 11.4 Å². The SMILES string of the molecule is CCN(C(=O)Cn1c(-c2cccc(C)c2)nc2sc3c(c2c1=O)CCCC3)c1ccccc1. The molecule has 1 aliphatic rings. The highest BCUT2D eigenvalue weighted by Crippen LogP contribution is 2.35. The van der Waals surface area contributed by atoms with Gasteiger partial charge in [-0.15, -0.1) is 11.3 Å². The predicted octanol–water partition coefficient (Wildman–Crippen LogP) is 5.37. The maximum Gasteiger partial charge on any atom is 0.263 e. The summed E-state index contributed by atoms with van der Waals surface area (Å²) in [6, 6.07) is 17.6. The van der Waals surface area contributed by atoms with Crippen molar-refractivity contribution >= 4 is 33.1 Å². The number of hydrogen-bond acceptors (Lipinski definition) is 4. The zero-order valence-electron chi connectivity index (χ0n) is 19.0. The van der Waals surface area contributed by atoms with Gasteiger partial charge >= 0.3 is 0 Å². The summed E-state index contributed by atoms with van der Waals surface area (Å²) in [6.45, 7) is 4.46. The van der Waals surface area contributed by atoms with E-state index in [1.165, 1.54) is 4.88 Å². The molecule has 0 saturated heterocycles. The molecule has 6 heteroatoms. The molecule has 0 saturated carbocycles. The highest BCUT2D eigenvalue weighted by atomic mass is 32.1. The number of aryl methyl sites for hydroxylation is 3. The molecule has 2 aromatic carbocycles. The highest BCUT2D eigenvalue weighted by molar-refractivity contribution is 7.18. The zero-order valence-corrected chi connectivity index (χ0v) is 19.8. The lowest BCUT2D eigenvalue weighted by molar-refractivity contribution is -0.119. The van der Waals surface area contributed by atoms with Crippen LogP contribution in [-0.4, -0.2) is 22.0 Å². The van der Waals surface area contributed by atoms with Crippen LogP contribution in [0.1, 0.15) is 35.8 Å². The number of rotatable bonds is 5. The molecule has 1 aliphatic carbocycles. The van der Waals surface area contributed by atoms with E-state index < -0.39 is 0 Å². The predicted molar refractivity (Wildman–Crippen MR) is 135 cm³/mol. The Kier molecular flexibility index (Phi) is 5.85. The van der Waals surface area contributed by atoms with Crippen LogP contribution in [0.4, 0.5) is 5.69 Å². The Bertz CT molecular complexity index is 1390. The maximum absolute atomic E-state index is 13.9. The first kappa shape index (κ1) is 21.6. The number of hydrogen-bond donors (Lipinski definition) is 0. The summed E-state index contributed by atoms with van der Waals surface area (Å²) in [5, 5.41) is 0.710. The largest absolute Gasteiger partial charge is 0.311 e. The van der Waals surface area contributed by atoms with Crippen molar-refractivity contribution in [3.63, 3.8) is 0 Å². The lowest BCUT2D eigenvalue weighted by Gasteiger charge is -2.22. The molecular formula is C27H27N3O2S. The van der Waals surface area contributed by atoms with Crippen molar-refractivity contribution in [2.45, 2.75) is 46.1 Å². The smallest absolute Gasteiger partial charge is 0.263 e. The van der Waals surface area contributed by atoms with Gasteiger partial charge in [-0.05, 0) is 63.3 Å². The monoisotopic (exact) mass is 457 g/mol. The van der Waals surface area contributed by atoms with Gasteiger partial charge in [0.25, 0.3) is 5.56 Å². The van der Waals surface area contributed by atoms with E-state index in [2.05, 4.69) is 0 Å². The van der Waals surface area contributed by atoms with Crippen molar-refractivity contribution in [1.82, 2.24) is 9.55 Å². The third-order valence-corrected chi connectivity index (χ3v) is 7.52. The van der Waals surface area contributed by atoms with Crippen LogP contribution in [0, 0.1) is 6.92 Å². The summed E-state index contributed by atoms with van der Waals surface area (Å²) in [7, 11) is 0.